The maximum atomic E-state index is 4.83. The molecule has 0 saturated carbocycles. The van der Waals surface area contributed by atoms with E-state index in [2.05, 4.69) is 106 Å². The van der Waals surface area contributed by atoms with Gasteiger partial charge in [0.25, 0.3) is 0 Å². The number of hydrogen-bond donors (Lipinski definition) is 1. The van der Waals surface area contributed by atoms with E-state index in [0.717, 1.165) is 41.2 Å². The maximum absolute atomic E-state index is 4.83. The van der Waals surface area contributed by atoms with Crippen LogP contribution in [0.5, 0.6) is 0 Å². The molecule has 0 unspecified atom stereocenters. The second kappa shape index (κ2) is 9.00. The molecule has 0 aliphatic carbocycles. The van der Waals surface area contributed by atoms with Crippen molar-refractivity contribution in [3.8, 4) is 0 Å². The molecule has 0 radical (unpaired) electrons. The second-order valence-corrected chi connectivity index (χ2v) is 8.87. The number of anilines is 3. The van der Waals surface area contributed by atoms with Gasteiger partial charge in [0.1, 0.15) is 5.82 Å². The lowest BCUT2D eigenvalue weighted by Crippen LogP contribution is -2.30. The van der Waals surface area contributed by atoms with Gasteiger partial charge in [0.15, 0.2) is 0 Å². The van der Waals surface area contributed by atoms with E-state index in [4.69, 9.17) is 4.98 Å². The summed E-state index contributed by atoms with van der Waals surface area (Å²) in [7, 11) is 0. The van der Waals surface area contributed by atoms with Crippen LogP contribution in [0.1, 0.15) is 43.0 Å². The highest BCUT2D eigenvalue weighted by atomic mass is 79.9. The molecule has 0 amide bonds. The number of nitrogens with one attached hydrogen (secondary N) is 1. The van der Waals surface area contributed by atoms with Gasteiger partial charge in [-0.1, -0.05) is 72.3 Å². The van der Waals surface area contributed by atoms with Gasteiger partial charge in [-0.25, -0.2) is 4.98 Å². The molecule has 0 saturated heterocycles. The van der Waals surface area contributed by atoms with E-state index < -0.39 is 0 Å². The van der Waals surface area contributed by atoms with E-state index in [0.29, 0.717) is 11.9 Å². The molecule has 1 aliphatic heterocycles. The Morgan fingerprint density at radius 3 is 2.57 bits per heavy atom. The predicted octanol–water partition coefficient (Wildman–Crippen LogP) is 6.71. The average Bonchev–Trinajstić information content (AvgIpc) is 2.74. The SMILES string of the molecule is Cc1cc(N2CCC=C(c3ccccc3)C2)nc(Nc2ccc(C(C)C)c(Br)c2)n1. The lowest BCUT2D eigenvalue weighted by molar-refractivity contribution is 0.811. The van der Waals surface area contributed by atoms with E-state index in [1.165, 1.54) is 16.7 Å². The summed E-state index contributed by atoms with van der Waals surface area (Å²) in [4.78, 5) is 11.8. The van der Waals surface area contributed by atoms with Crippen molar-refractivity contribution < 1.29 is 0 Å². The molecule has 0 bridgehead atoms. The predicted molar refractivity (Wildman–Crippen MR) is 130 cm³/mol. The molecule has 5 heteroatoms. The van der Waals surface area contributed by atoms with Crippen molar-refractivity contribution in [1.82, 2.24) is 9.97 Å². The van der Waals surface area contributed by atoms with Crippen molar-refractivity contribution in [1.29, 1.82) is 0 Å². The third-order valence-electron chi connectivity index (χ3n) is 5.34. The van der Waals surface area contributed by atoms with E-state index in [9.17, 15) is 0 Å². The number of hydrogen-bond acceptors (Lipinski definition) is 4. The van der Waals surface area contributed by atoms with Gasteiger partial charge in [0, 0.05) is 35.0 Å². The fourth-order valence-electron chi connectivity index (χ4n) is 3.77. The summed E-state index contributed by atoms with van der Waals surface area (Å²) in [5, 5.41) is 3.38. The fraction of sp³-hybridized carbons (Fsp3) is 0.280. The molecule has 2 heterocycles. The summed E-state index contributed by atoms with van der Waals surface area (Å²) in [5.41, 5.74) is 5.85. The van der Waals surface area contributed by atoms with Gasteiger partial charge < -0.3 is 10.2 Å². The zero-order chi connectivity index (χ0) is 21.1. The third-order valence-corrected chi connectivity index (χ3v) is 6.03. The van der Waals surface area contributed by atoms with Crippen LogP contribution in [0.3, 0.4) is 0 Å². The topological polar surface area (TPSA) is 41.1 Å². The van der Waals surface area contributed by atoms with Crippen molar-refractivity contribution >= 4 is 39.0 Å². The van der Waals surface area contributed by atoms with Crippen LogP contribution in [-0.4, -0.2) is 23.1 Å². The van der Waals surface area contributed by atoms with Crippen LogP contribution in [-0.2, 0) is 0 Å². The first kappa shape index (κ1) is 20.6. The first-order valence-corrected chi connectivity index (χ1v) is 11.2. The largest absolute Gasteiger partial charge is 0.352 e. The summed E-state index contributed by atoms with van der Waals surface area (Å²) in [5.74, 6) is 2.07. The number of aromatic nitrogens is 2. The zero-order valence-corrected chi connectivity index (χ0v) is 19.3. The molecule has 1 aromatic heterocycles. The van der Waals surface area contributed by atoms with Crippen LogP contribution in [0, 0.1) is 6.92 Å². The van der Waals surface area contributed by atoms with Crippen LogP contribution >= 0.6 is 15.9 Å². The van der Waals surface area contributed by atoms with Gasteiger partial charge in [-0.05, 0) is 48.1 Å². The minimum atomic E-state index is 0.473. The molecule has 4 nitrogen and oxygen atoms in total. The zero-order valence-electron chi connectivity index (χ0n) is 17.7. The number of aryl methyl sites for hydroxylation is 1. The first-order chi connectivity index (χ1) is 14.5. The molecule has 3 aromatic rings. The van der Waals surface area contributed by atoms with Crippen molar-refractivity contribution in [3.63, 3.8) is 0 Å². The molecule has 4 rings (SSSR count). The summed E-state index contributed by atoms with van der Waals surface area (Å²) in [6.07, 6.45) is 3.35. The van der Waals surface area contributed by atoms with Gasteiger partial charge >= 0.3 is 0 Å². The Morgan fingerprint density at radius 2 is 1.83 bits per heavy atom. The third kappa shape index (κ3) is 4.73. The number of halogens is 1. The highest BCUT2D eigenvalue weighted by molar-refractivity contribution is 9.10. The van der Waals surface area contributed by atoms with Gasteiger partial charge in [0.05, 0.1) is 0 Å². The Bertz CT molecular complexity index is 1060. The van der Waals surface area contributed by atoms with Crippen LogP contribution in [0.2, 0.25) is 0 Å². The number of benzene rings is 2. The number of nitrogens with zero attached hydrogens (tertiary/aromatic N) is 3. The normalized spacial score (nSPS) is 14.0. The van der Waals surface area contributed by atoms with Crippen LogP contribution in [0.4, 0.5) is 17.5 Å². The quantitative estimate of drug-likeness (QED) is 0.457. The minimum absolute atomic E-state index is 0.473. The minimum Gasteiger partial charge on any atom is -0.352 e. The molecule has 30 heavy (non-hydrogen) atoms. The lowest BCUT2D eigenvalue weighted by atomic mass is 10.0. The van der Waals surface area contributed by atoms with Crippen LogP contribution in [0.25, 0.3) is 5.57 Å². The van der Waals surface area contributed by atoms with Gasteiger partial charge in [-0.15, -0.1) is 0 Å². The Hall–Kier alpha value is -2.66. The first-order valence-electron chi connectivity index (χ1n) is 10.4. The molecular weight excluding hydrogens is 436 g/mol. The van der Waals surface area contributed by atoms with E-state index >= 15 is 0 Å². The monoisotopic (exact) mass is 462 g/mol. The molecule has 0 fully saturated rings. The fourth-order valence-corrected chi connectivity index (χ4v) is 4.61. The molecule has 0 atom stereocenters. The Morgan fingerprint density at radius 1 is 1.03 bits per heavy atom. The molecule has 1 N–H and O–H groups in total. The highest BCUT2D eigenvalue weighted by Gasteiger charge is 2.17. The van der Waals surface area contributed by atoms with Gasteiger partial charge in [0.2, 0.25) is 5.95 Å². The summed E-state index contributed by atoms with van der Waals surface area (Å²) >= 11 is 3.69. The Balaban J connectivity index is 1.55. The average molecular weight is 463 g/mol. The molecule has 154 valence electrons. The lowest BCUT2D eigenvalue weighted by Gasteiger charge is -2.29. The van der Waals surface area contributed by atoms with E-state index in [-0.39, 0.29) is 0 Å². The molecule has 0 spiro atoms. The second-order valence-electron chi connectivity index (χ2n) is 8.01. The molecular formula is C25H27BrN4. The van der Waals surface area contributed by atoms with E-state index in [1.807, 2.05) is 6.92 Å². The smallest absolute Gasteiger partial charge is 0.229 e. The summed E-state index contributed by atoms with van der Waals surface area (Å²) in [6, 6.07) is 19.0. The summed E-state index contributed by atoms with van der Waals surface area (Å²) < 4.78 is 1.10. The summed E-state index contributed by atoms with van der Waals surface area (Å²) in [6.45, 7) is 8.22. The van der Waals surface area contributed by atoms with Gasteiger partial charge in [-0.3, -0.25) is 0 Å². The van der Waals surface area contributed by atoms with Crippen molar-refractivity contribution in [2.75, 3.05) is 23.3 Å². The standard InChI is InChI=1S/C25H27BrN4/c1-17(2)22-12-11-21(15-23(22)26)28-25-27-18(3)14-24(29-25)30-13-7-10-20(16-30)19-8-5-4-6-9-19/h4-6,8-12,14-15,17H,7,13,16H2,1-3H3,(H,27,28,29). The Labute approximate surface area is 187 Å². The number of rotatable bonds is 5. The van der Waals surface area contributed by atoms with Gasteiger partial charge in [-0.2, -0.15) is 4.98 Å². The van der Waals surface area contributed by atoms with Crippen LogP contribution < -0.4 is 10.2 Å². The van der Waals surface area contributed by atoms with E-state index in [1.54, 1.807) is 0 Å². The van der Waals surface area contributed by atoms with Crippen molar-refractivity contribution in [2.24, 2.45) is 0 Å². The van der Waals surface area contributed by atoms with Crippen molar-refractivity contribution in [3.05, 3.63) is 82.0 Å². The molecule has 1 aliphatic rings. The van der Waals surface area contributed by atoms with Crippen LogP contribution in [0.15, 0.2) is 65.1 Å². The highest BCUT2D eigenvalue weighted by Crippen LogP contribution is 2.29. The Kier molecular flexibility index (Phi) is 6.18. The molecule has 2 aromatic carbocycles. The maximum Gasteiger partial charge on any atom is 0.229 e. The van der Waals surface area contributed by atoms with Crippen molar-refractivity contribution in [2.45, 2.75) is 33.1 Å².